The van der Waals surface area contributed by atoms with Gasteiger partial charge in [0.1, 0.15) is 5.52 Å². The van der Waals surface area contributed by atoms with E-state index >= 15 is 0 Å². The van der Waals surface area contributed by atoms with Crippen LogP contribution in [0.3, 0.4) is 0 Å². The average Bonchev–Trinajstić information content (AvgIpc) is 4.00. The van der Waals surface area contributed by atoms with E-state index in [1.807, 2.05) is 35.6 Å². The highest BCUT2D eigenvalue weighted by molar-refractivity contribution is 7.25. The van der Waals surface area contributed by atoms with E-state index in [0.717, 1.165) is 16.0 Å². The van der Waals surface area contributed by atoms with Crippen molar-refractivity contribution < 1.29 is 4.42 Å². The van der Waals surface area contributed by atoms with Crippen molar-refractivity contribution in [3.8, 4) is 53.2 Å². The summed E-state index contributed by atoms with van der Waals surface area (Å²) in [5, 5.41) is 10.0. The molecule has 248 valence electrons. The Morgan fingerprint density at radius 1 is 0.358 bits per heavy atom. The van der Waals surface area contributed by atoms with Crippen LogP contribution in [0.25, 0.3) is 107 Å². The molecule has 0 amide bonds. The lowest BCUT2D eigenvalue weighted by Gasteiger charge is -2.19. The molecule has 0 radical (unpaired) electrons. The van der Waals surface area contributed by atoms with E-state index in [1.165, 1.54) is 85.5 Å². The van der Waals surface area contributed by atoms with Gasteiger partial charge in [-0.3, -0.25) is 0 Å². The number of hydrogen-bond acceptors (Lipinski definition) is 4. The third kappa shape index (κ3) is 5.10. The van der Waals surface area contributed by atoms with Crippen LogP contribution in [0.15, 0.2) is 180 Å². The average molecular weight is 712 g/mol. The summed E-state index contributed by atoms with van der Waals surface area (Å²) >= 11 is 3.55. The maximum Gasteiger partial charge on any atom is 0.237 e. The summed E-state index contributed by atoms with van der Waals surface area (Å²) < 4.78 is 6.09. The fourth-order valence-corrected chi connectivity index (χ4v) is 9.86. The van der Waals surface area contributed by atoms with E-state index in [9.17, 15) is 0 Å². The van der Waals surface area contributed by atoms with Gasteiger partial charge in [-0.1, -0.05) is 121 Å². The fraction of sp³-hybridized carbons (Fsp3) is 0. The molecule has 0 aliphatic heterocycles. The molecule has 53 heavy (non-hydrogen) atoms. The van der Waals surface area contributed by atoms with Gasteiger partial charge in [-0.2, -0.15) is 0 Å². The molecule has 0 saturated carbocycles. The lowest BCUT2D eigenvalue weighted by atomic mass is 9.84. The van der Waals surface area contributed by atoms with Crippen LogP contribution in [0.5, 0.6) is 0 Å². The summed E-state index contributed by atoms with van der Waals surface area (Å²) in [6.07, 6.45) is 0. The predicted molar refractivity (Wildman–Crippen MR) is 227 cm³/mol. The minimum absolute atomic E-state index is 0.671. The Morgan fingerprint density at radius 3 is 1.55 bits per heavy atom. The number of para-hydroxylation sites is 2. The van der Waals surface area contributed by atoms with Crippen LogP contribution in [0, 0.1) is 0 Å². The van der Waals surface area contributed by atoms with Crippen LogP contribution in [0.1, 0.15) is 0 Å². The zero-order valence-electron chi connectivity index (χ0n) is 28.4. The van der Waals surface area contributed by atoms with Crippen molar-refractivity contribution in [2.75, 3.05) is 0 Å². The minimum atomic E-state index is 0.671. The number of thiophene rings is 2. The van der Waals surface area contributed by atoms with Crippen LogP contribution in [0.2, 0.25) is 0 Å². The van der Waals surface area contributed by atoms with Crippen molar-refractivity contribution in [2.24, 2.45) is 0 Å². The quantitative estimate of drug-likeness (QED) is 0.166. The molecule has 0 spiro atoms. The molecule has 11 rings (SSSR count). The third-order valence-electron chi connectivity index (χ3n) is 10.3. The summed E-state index contributed by atoms with van der Waals surface area (Å²) in [5.74, 6) is 0.671. The Balaban J connectivity index is 1.10. The number of benzene rings is 8. The summed E-state index contributed by atoms with van der Waals surface area (Å²) in [5.41, 5.74) is 7.91. The van der Waals surface area contributed by atoms with E-state index in [-0.39, 0.29) is 0 Å². The molecule has 3 aromatic heterocycles. The van der Waals surface area contributed by atoms with Gasteiger partial charge in [0.05, 0.1) is 4.88 Å². The first-order chi connectivity index (χ1) is 26.2. The molecule has 0 atom stereocenters. The molecule has 0 N–H and O–H groups in total. The van der Waals surface area contributed by atoms with Gasteiger partial charge in [-0.25, -0.2) is 4.98 Å². The normalized spacial score (nSPS) is 11.8. The maximum absolute atomic E-state index is 6.09. The first-order valence-corrected chi connectivity index (χ1v) is 19.4. The van der Waals surface area contributed by atoms with Crippen molar-refractivity contribution in [2.45, 2.75) is 0 Å². The Bertz CT molecular complexity index is 3160. The maximum atomic E-state index is 6.09. The largest absolute Gasteiger partial charge is 0.435 e. The number of nitrogens with zero attached hydrogens (tertiary/aromatic N) is 1. The molecule has 0 fully saturated rings. The molecule has 3 heterocycles. The lowest BCUT2D eigenvalue weighted by Crippen LogP contribution is -1.92. The van der Waals surface area contributed by atoms with Crippen LogP contribution >= 0.6 is 22.7 Å². The highest BCUT2D eigenvalue weighted by atomic mass is 32.1. The SMILES string of the molecule is c1ccc2cc(-c3c4ccccc4c(-c4ccc5ccccc5c4)c4cc(-c5ccc(-c6ccc(-c7nc8ccccc8o7)s6)s5)ccc34)ccc2c1. The number of hydrogen-bond donors (Lipinski definition) is 0. The van der Waals surface area contributed by atoms with Crippen molar-refractivity contribution in [1.29, 1.82) is 0 Å². The van der Waals surface area contributed by atoms with Crippen LogP contribution < -0.4 is 0 Å². The first kappa shape index (κ1) is 30.3. The van der Waals surface area contributed by atoms with Crippen LogP contribution in [-0.4, -0.2) is 4.98 Å². The third-order valence-corrected chi connectivity index (χ3v) is 12.7. The Labute approximate surface area is 313 Å². The second kappa shape index (κ2) is 12.1. The highest BCUT2D eigenvalue weighted by Crippen LogP contribution is 2.47. The van der Waals surface area contributed by atoms with Gasteiger partial charge in [0.25, 0.3) is 0 Å². The minimum Gasteiger partial charge on any atom is -0.435 e. The monoisotopic (exact) mass is 711 g/mol. The molecule has 8 aromatic carbocycles. The first-order valence-electron chi connectivity index (χ1n) is 17.8. The second-order valence-corrected chi connectivity index (χ2v) is 15.7. The summed E-state index contributed by atoms with van der Waals surface area (Å²) in [4.78, 5) is 9.45. The lowest BCUT2D eigenvalue weighted by molar-refractivity contribution is 0.621. The van der Waals surface area contributed by atoms with Gasteiger partial charge in [0, 0.05) is 14.6 Å². The summed E-state index contributed by atoms with van der Waals surface area (Å²) in [7, 11) is 0. The molecule has 4 heteroatoms. The molecule has 0 bridgehead atoms. The fourth-order valence-electron chi connectivity index (χ4n) is 7.83. The Hall–Kier alpha value is -6.33. The molecule has 0 aliphatic rings. The van der Waals surface area contributed by atoms with E-state index in [1.54, 1.807) is 11.3 Å². The van der Waals surface area contributed by atoms with Crippen molar-refractivity contribution in [3.05, 3.63) is 176 Å². The van der Waals surface area contributed by atoms with Gasteiger partial charge < -0.3 is 4.42 Å². The molecular weight excluding hydrogens is 683 g/mol. The number of fused-ring (bicyclic) bond motifs is 5. The standard InChI is InChI=1S/C49H29NOS2/c1-3-11-32-27-35(19-17-30(32)9-1)47-37-13-5-6-14-38(37)48(36-20-18-31-10-2-4-12-33(31)28-36)40-29-34(21-22-39(40)47)43-23-24-44(52-43)45-25-26-46(53-45)49-50-41-15-7-8-16-42(41)51-49/h1-29H. The van der Waals surface area contributed by atoms with Crippen LogP contribution in [0.4, 0.5) is 0 Å². The Kier molecular flexibility index (Phi) is 6.94. The molecule has 0 aliphatic carbocycles. The zero-order valence-corrected chi connectivity index (χ0v) is 30.0. The summed E-state index contributed by atoms with van der Waals surface area (Å²) in [6, 6.07) is 63.8. The number of aromatic nitrogens is 1. The van der Waals surface area contributed by atoms with E-state index in [2.05, 4.69) is 152 Å². The number of oxazole rings is 1. The van der Waals surface area contributed by atoms with E-state index < -0.39 is 0 Å². The second-order valence-electron chi connectivity index (χ2n) is 13.5. The molecule has 2 nitrogen and oxygen atoms in total. The van der Waals surface area contributed by atoms with E-state index in [0.29, 0.717) is 5.89 Å². The molecule has 11 aromatic rings. The van der Waals surface area contributed by atoms with Crippen molar-refractivity contribution in [3.63, 3.8) is 0 Å². The van der Waals surface area contributed by atoms with E-state index in [4.69, 9.17) is 9.40 Å². The topological polar surface area (TPSA) is 26.0 Å². The van der Waals surface area contributed by atoms with Crippen molar-refractivity contribution in [1.82, 2.24) is 4.98 Å². The number of rotatable bonds is 5. The molecule has 0 saturated heterocycles. The predicted octanol–water partition coefficient (Wildman–Crippen LogP) is 14.9. The molecular formula is C49H29NOS2. The van der Waals surface area contributed by atoms with Crippen molar-refractivity contribution >= 4 is 76.9 Å². The smallest absolute Gasteiger partial charge is 0.237 e. The Morgan fingerprint density at radius 2 is 0.868 bits per heavy atom. The van der Waals surface area contributed by atoms with Gasteiger partial charge in [0.15, 0.2) is 5.58 Å². The van der Waals surface area contributed by atoms with Gasteiger partial charge >= 0.3 is 0 Å². The molecule has 0 unspecified atom stereocenters. The van der Waals surface area contributed by atoms with Crippen LogP contribution in [-0.2, 0) is 0 Å². The highest BCUT2D eigenvalue weighted by Gasteiger charge is 2.19. The zero-order chi connectivity index (χ0) is 34.9. The van der Waals surface area contributed by atoms with Gasteiger partial charge in [-0.15, -0.1) is 22.7 Å². The summed E-state index contributed by atoms with van der Waals surface area (Å²) in [6.45, 7) is 0. The van der Waals surface area contributed by atoms with Gasteiger partial charge in [-0.05, 0) is 126 Å². The van der Waals surface area contributed by atoms with Gasteiger partial charge in [0.2, 0.25) is 5.89 Å².